The minimum atomic E-state index is 0.114. The molecule has 1 aromatic carbocycles. The molecule has 0 aliphatic heterocycles. The van der Waals surface area contributed by atoms with E-state index in [1.54, 1.807) is 26.2 Å². The van der Waals surface area contributed by atoms with E-state index < -0.39 is 0 Å². The summed E-state index contributed by atoms with van der Waals surface area (Å²) in [5.74, 6) is 0.790. The number of Topliss-reactive ketones (excluding diaryl/α,β-unsaturated/α-hetero) is 1. The molecule has 0 radical (unpaired) electrons. The summed E-state index contributed by atoms with van der Waals surface area (Å²) >= 11 is 0. The lowest BCUT2D eigenvalue weighted by molar-refractivity contribution is -0.116. The van der Waals surface area contributed by atoms with E-state index in [9.17, 15) is 4.79 Å². The van der Waals surface area contributed by atoms with Crippen molar-refractivity contribution in [2.75, 3.05) is 12.8 Å². The number of hydrogen-bond donors (Lipinski definition) is 1. The van der Waals surface area contributed by atoms with Crippen LogP contribution in [0.5, 0.6) is 5.75 Å². The van der Waals surface area contributed by atoms with E-state index in [4.69, 9.17) is 10.5 Å². The quantitative estimate of drug-likeness (QED) is 0.714. The largest absolute Gasteiger partial charge is 0.496 e. The highest BCUT2D eigenvalue weighted by atomic mass is 16.5. The first-order chi connectivity index (χ1) is 6.13. The molecule has 0 bridgehead atoms. The van der Waals surface area contributed by atoms with Crippen molar-refractivity contribution >= 4 is 11.5 Å². The second-order valence-corrected chi connectivity index (χ2v) is 2.95. The van der Waals surface area contributed by atoms with Gasteiger partial charge in [-0.3, -0.25) is 4.79 Å². The number of ether oxygens (including phenoxy) is 1. The lowest BCUT2D eigenvalue weighted by Crippen LogP contribution is -2.00. The van der Waals surface area contributed by atoms with Gasteiger partial charge < -0.3 is 10.5 Å². The smallest absolute Gasteiger partial charge is 0.134 e. The van der Waals surface area contributed by atoms with Crippen LogP contribution >= 0.6 is 0 Å². The summed E-state index contributed by atoms with van der Waals surface area (Å²) in [5.41, 5.74) is 7.09. The molecule has 1 rings (SSSR count). The first-order valence-corrected chi connectivity index (χ1v) is 4.05. The lowest BCUT2D eigenvalue weighted by Gasteiger charge is -2.07. The number of anilines is 1. The van der Waals surface area contributed by atoms with Crippen molar-refractivity contribution in [2.45, 2.75) is 13.3 Å². The topological polar surface area (TPSA) is 52.3 Å². The summed E-state index contributed by atoms with van der Waals surface area (Å²) < 4.78 is 5.09. The molecule has 0 saturated carbocycles. The molecule has 3 nitrogen and oxygen atoms in total. The Labute approximate surface area is 77.5 Å². The molecule has 0 heterocycles. The van der Waals surface area contributed by atoms with Gasteiger partial charge >= 0.3 is 0 Å². The maximum atomic E-state index is 10.9. The molecule has 0 fully saturated rings. The number of methoxy groups -OCH3 is 1. The molecule has 0 aliphatic rings. The van der Waals surface area contributed by atoms with Crippen molar-refractivity contribution in [3.05, 3.63) is 23.8 Å². The molecule has 0 amide bonds. The molecule has 0 aromatic heterocycles. The summed E-state index contributed by atoms with van der Waals surface area (Å²) in [6.07, 6.45) is 0.392. The van der Waals surface area contributed by atoms with Crippen LogP contribution in [0.4, 0.5) is 5.69 Å². The number of nitrogen functional groups attached to an aromatic ring is 1. The van der Waals surface area contributed by atoms with Crippen LogP contribution in [0.1, 0.15) is 12.5 Å². The standard InChI is InChI=1S/C10H13NO2/c1-7(12)5-8-3-4-9(11)6-10(8)13-2/h3-4,6H,5,11H2,1-2H3. The molecular weight excluding hydrogens is 166 g/mol. The molecule has 2 N–H and O–H groups in total. The number of nitrogens with two attached hydrogens (primary N) is 1. The SMILES string of the molecule is COc1cc(N)ccc1CC(C)=O. The molecule has 70 valence electrons. The van der Waals surface area contributed by atoms with Crippen molar-refractivity contribution in [2.24, 2.45) is 0 Å². The molecule has 0 spiro atoms. The van der Waals surface area contributed by atoms with Gasteiger partial charge in [0.15, 0.2) is 0 Å². The molecule has 0 saturated heterocycles. The zero-order chi connectivity index (χ0) is 9.84. The van der Waals surface area contributed by atoms with Crippen molar-refractivity contribution < 1.29 is 9.53 Å². The van der Waals surface area contributed by atoms with Crippen molar-refractivity contribution in [1.82, 2.24) is 0 Å². The third-order valence-electron chi connectivity index (χ3n) is 1.75. The third-order valence-corrected chi connectivity index (χ3v) is 1.75. The second-order valence-electron chi connectivity index (χ2n) is 2.95. The molecule has 3 heteroatoms. The Morgan fingerprint density at radius 3 is 2.77 bits per heavy atom. The fourth-order valence-corrected chi connectivity index (χ4v) is 1.18. The van der Waals surface area contributed by atoms with Gasteiger partial charge in [-0.25, -0.2) is 0 Å². The monoisotopic (exact) mass is 179 g/mol. The van der Waals surface area contributed by atoms with E-state index >= 15 is 0 Å². The minimum absolute atomic E-state index is 0.114. The van der Waals surface area contributed by atoms with E-state index in [1.165, 1.54) is 0 Å². The third kappa shape index (κ3) is 2.47. The van der Waals surface area contributed by atoms with E-state index in [0.29, 0.717) is 17.9 Å². The van der Waals surface area contributed by atoms with Crippen LogP contribution in [-0.4, -0.2) is 12.9 Å². The fourth-order valence-electron chi connectivity index (χ4n) is 1.18. The van der Waals surface area contributed by atoms with Crippen LogP contribution in [0.15, 0.2) is 18.2 Å². The van der Waals surface area contributed by atoms with Gasteiger partial charge in [-0.15, -0.1) is 0 Å². The van der Waals surface area contributed by atoms with Gasteiger partial charge in [0.05, 0.1) is 7.11 Å². The predicted octanol–water partition coefficient (Wildman–Crippen LogP) is 1.41. The number of carbonyl (C=O) groups excluding carboxylic acids is 1. The molecule has 1 aromatic rings. The first kappa shape index (κ1) is 9.58. The highest BCUT2D eigenvalue weighted by Gasteiger charge is 2.05. The maximum absolute atomic E-state index is 10.9. The van der Waals surface area contributed by atoms with E-state index in [-0.39, 0.29) is 5.78 Å². The summed E-state index contributed by atoms with van der Waals surface area (Å²) in [6, 6.07) is 5.30. The van der Waals surface area contributed by atoms with Crippen LogP contribution in [0.3, 0.4) is 0 Å². The Morgan fingerprint density at radius 1 is 1.54 bits per heavy atom. The molecule has 0 aliphatic carbocycles. The van der Waals surface area contributed by atoms with Crippen LogP contribution in [-0.2, 0) is 11.2 Å². The van der Waals surface area contributed by atoms with E-state index in [0.717, 1.165) is 5.56 Å². The first-order valence-electron chi connectivity index (χ1n) is 4.05. The number of rotatable bonds is 3. The summed E-state index contributed by atoms with van der Waals surface area (Å²) in [4.78, 5) is 10.9. The summed E-state index contributed by atoms with van der Waals surface area (Å²) in [6.45, 7) is 1.55. The minimum Gasteiger partial charge on any atom is -0.496 e. The Bertz CT molecular complexity index is 321. The highest BCUT2D eigenvalue weighted by molar-refractivity contribution is 5.79. The van der Waals surface area contributed by atoms with Crippen LogP contribution < -0.4 is 10.5 Å². The number of hydrogen-bond acceptors (Lipinski definition) is 3. The summed E-state index contributed by atoms with van der Waals surface area (Å²) in [5, 5.41) is 0. The van der Waals surface area contributed by atoms with Gasteiger partial charge in [0.2, 0.25) is 0 Å². The van der Waals surface area contributed by atoms with Gasteiger partial charge in [-0.1, -0.05) is 6.07 Å². The van der Waals surface area contributed by atoms with E-state index in [2.05, 4.69) is 0 Å². The number of benzene rings is 1. The fraction of sp³-hybridized carbons (Fsp3) is 0.300. The van der Waals surface area contributed by atoms with Gasteiger partial charge in [-0.05, 0) is 13.0 Å². The molecular formula is C10H13NO2. The van der Waals surface area contributed by atoms with Gasteiger partial charge in [0, 0.05) is 23.7 Å². The Balaban J connectivity index is 2.99. The van der Waals surface area contributed by atoms with Crippen molar-refractivity contribution in [1.29, 1.82) is 0 Å². The van der Waals surface area contributed by atoms with Crippen LogP contribution in [0, 0.1) is 0 Å². The normalized spacial score (nSPS) is 9.69. The average molecular weight is 179 g/mol. The maximum Gasteiger partial charge on any atom is 0.134 e. The number of ketones is 1. The van der Waals surface area contributed by atoms with Gasteiger partial charge in [0.1, 0.15) is 11.5 Å². The molecule has 13 heavy (non-hydrogen) atoms. The van der Waals surface area contributed by atoms with Crippen LogP contribution in [0.2, 0.25) is 0 Å². The lowest BCUT2D eigenvalue weighted by atomic mass is 10.1. The van der Waals surface area contributed by atoms with Crippen molar-refractivity contribution in [3.8, 4) is 5.75 Å². The number of carbonyl (C=O) groups is 1. The highest BCUT2D eigenvalue weighted by Crippen LogP contribution is 2.21. The van der Waals surface area contributed by atoms with Crippen LogP contribution in [0.25, 0.3) is 0 Å². The Kier molecular flexibility index (Phi) is 2.90. The Hall–Kier alpha value is -1.51. The predicted molar refractivity (Wildman–Crippen MR) is 51.8 cm³/mol. The van der Waals surface area contributed by atoms with Gasteiger partial charge in [-0.2, -0.15) is 0 Å². The zero-order valence-corrected chi connectivity index (χ0v) is 7.83. The van der Waals surface area contributed by atoms with Crippen molar-refractivity contribution in [3.63, 3.8) is 0 Å². The molecule has 0 unspecified atom stereocenters. The second kappa shape index (κ2) is 3.94. The Morgan fingerprint density at radius 2 is 2.23 bits per heavy atom. The van der Waals surface area contributed by atoms with Gasteiger partial charge in [0.25, 0.3) is 0 Å². The average Bonchev–Trinajstić information content (AvgIpc) is 2.07. The zero-order valence-electron chi connectivity index (χ0n) is 7.83. The summed E-state index contributed by atoms with van der Waals surface area (Å²) in [7, 11) is 1.57. The molecule has 0 atom stereocenters. The van der Waals surface area contributed by atoms with E-state index in [1.807, 2.05) is 6.07 Å².